The van der Waals surface area contributed by atoms with Crippen LogP contribution in [0.2, 0.25) is 0 Å². The molecule has 2 aromatic rings. The van der Waals surface area contributed by atoms with Crippen LogP contribution in [0.25, 0.3) is 0 Å². The van der Waals surface area contributed by atoms with E-state index in [1.54, 1.807) is 6.92 Å². The van der Waals surface area contributed by atoms with Crippen LogP contribution in [0, 0.1) is 18.3 Å². The molecule has 0 aliphatic rings. The fraction of sp³-hybridized carbons (Fsp3) is 0.500. The lowest BCUT2D eigenvalue weighted by Crippen LogP contribution is -2.07. The molecule has 0 bridgehead atoms. The molecule has 0 aliphatic carbocycles. The third-order valence-electron chi connectivity index (χ3n) is 2.82. The molecule has 0 radical (unpaired) electrons. The van der Waals surface area contributed by atoms with Crippen LogP contribution in [0.15, 0.2) is 4.52 Å². The molecule has 2 rings (SSSR count). The van der Waals surface area contributed by atoms with Gasteiger partial charge in [-0.15, -0.1) is 0 Å². The monoisotopic (exact) mass is 260 g/mol. The molecular formula is C12H16N6O. The van der Waals surface area contributed by atoms with Gasteiger partial charge >= 0.3 is 0 Å². The molecule has 0 aromatic carbocycles. The van der Waals surface area contributed by atoms with E-state index in [9.17, 15) is 0 Å². The number of hydrogen-bond donors (Lipinski definition) is 1. The molecule has 0 saturated heterocycles. The molecule has 2 heterocycles. The topological polar surface area (TPSA) is 107 Å². The minimum absolute atomic E-state index is 0.310. The van der Waals surface area contributed by atoms with E-state index < -0.39 is 0 Å². The molecule has 2 N–H and O–H groups in total. The van der Waals surface area contributed by atoms with Crippen LogP contribution in [0.1, 0.15) is 42.7 Å². The average molecular weight is 260 g/mol. The SMILES string of the molecule is CCCCc1nc(Cn2nc(C)c(C#N)c2N)no1. The maximum absolute atomic E-state index is 8.95. The lowest BCUT2D eigenvalue weighted by atomic mass is 10.2. The summed E-state index contributed by atoms with van der Waals surface area (Å²) in [7, 11) is 0. The van der Waals surface area contributed by atoms with E-state index in [4.69, 9.17) is 15.5 Å². The van der Waals surface area contributed by atoms with E-state index in [0.717, 1.165) is 19.3 Å². The molecule has 0 saturated carbocycles. The number of nitrogens with zero attached hydrogens (tertiary/aromatic N) is 5. The zero-order chi connectivity index (χ0) is 13.8. The van der Waals surface area contributed by atoms with E-state index in [2.05, 4.69) is 22.2 Å². The van der Waals surface area contributed by atoms with E-state index in [1.165, 1.54) is 4.68 Å². The minimum atomic E-state index is 0.310. The number of rotatable bonds is 5. The van der Waals surface area contributed by atoms with Crippen molar-refractivity contribution in [2.24, 2.45) is 0 Å². The quantitative estimate of drug-likeness (QED) is 0.871. The predicted molar refractivity (Wildman–Crippen MR) is 68.1 cm³/mol. The number of nitrogen functional groups attached to an aromatic ring is 1. The van der Waals surface area contributed by atoms with Crippen LogP contribution in [-0.2, 0) is 13.0 Å². The van der Waals surface area contributed by atoms with Crippen LogP contribution in [0.5, 0.6) is 0 Å². The van der Waals surface area contributed by atoms with Gasteiger partial charge in [0.15, 0.2) is 5.82 Å². The Kier molecular flexibility index (Phi) is 3.80. The number of nitriles is 1. The van der Waals surface area contributed by atoms with Crippen molar-refractivity contribution in [2.75, 3.05) is 5.73 Å². The maximum atomic E-state index is 8.95. The van der Waals surface area contributed by atoms with Gasteiger partial charge in [0.25, 0.3) is 0 Å². The summed E-state index contributed by atoms with van der Waals surface area (Å²) >= 11 is 0. The van der Waals surface area contributed by atoms with Crippen molar-refractivity contribution in [3.05, 3.63) is 23.0 Å². The van der Waals surface area contributed by atoms with E-state index >= 15 is 0 Å². The standard InChI is InChI=1S/C12H16N6O/c1-3-4-5-11-15-10(17-19-11)7-18-12(14)9(6-13)8(2)16-18/h3-5,7,14H2,1-2H3. The Hall–Kier alpha value is -2.36. The molecule has 2 aromatic heterocycles. The van der Waals surface area contributed by atoms with Gasteiger partial charge < -0.3 is 10.3 Å². The molecule has 7 nitrogen and oxygen atoms in total. The van der Waals surface area contributed by atoms with Gasteiger partial charge in [-0.05, 0) is 13.3 Å². The second kappa shape index (κ2) is 5.52. The number of hydrogen-bond acceptors (Lipinski definition) is 6. The Morgan fingerprint density at radius 1 is 1.47 bits per heavy atom. The first kappa shape index (κ1) is 13.1. The zero-order valence-corrected chi connectivity index (χ0v) is 11.1. The summed E-state index contributed by atoms with van der Waals surface area (Å²) in [4.78, 5) is 4.27. The highest BCUT2D eigenvalue weighted by molar-refractivity contribution is 5.51. The largest absolute Gasteiger partial charge is 0.383 e. The lowest BCUT2D eigenvalue weighted by Gasteiger charge is -1.98. The molecule has 19 heavy (non-hydrogen) atoms. The van der Waals surface area contributed by atoms with Crippen LogP contribution in [0.4, 0.5) is 5.82 Å². The number of aryl methyl sites for hydroxylation is 2. The summed E-state index contributed by atoms with van der Waals surface area (Å²) in [6, 6.07) is 2.03. The summed E-state index contributed by atoms with van der Waals surface area (Å²) in [5.41, 5.74) is 6.85. The van der Waals surface area contributed by atoms with Crippen molar-refractivity contribution >= 4 is 5.82 Å². The Morgan fingerprint density at radius 2 is 2.26 bits per heavy atom. The first-order valence-electron chi connectivity index (χ1n) is 6.20. The van der Waals surface area contributed by atoms with E-state index in [1.807, 2.05) is 6.07 Å². The third kappa shape index (κ3) is 2.73. The molecule has 100 valence electrons. The van der Waals surface area contributed by atoms with Gasteiger partial charge in [0, 0.05) is 6.42 Å². The predicted octanol–water partition coefficient (Wildman–Crippen LogP) is 1.42. The van der Waals surface area contributed by atoms with Crippen molar-refractivity contribution in [3.63, 3.8) is 0 Å². The van der Waals surface area contributed by atoms with Crippen LogP contribution in [0.3, 0.4) is 0 Å². The van der Waals surface area contributed by atoms with Gasteiger partial charge in [-0.3, -0.25) is 0 Å². The number of nitrogens with two attached hydrogens (primary N) is 1. The summed E-state index contributed by atoms with van der Waals surface area (Å²) in [6.07, 6.45) is 2.87. The summed E-state index contributed by atoms with van der Waals surface area (Å²) in [5, 5.41) is 17.0. The van der Waals surface area contributed by atoms with Crippen molar-refractivity contribution in [3.8, 4) is 6.07 Å². The van der Waals surface area contributed by atoms with Crippen LogP contribution >= 0.6 is 0 Å². The van der Waals surface area contributed by atoms with Gasteiger partial charge in [0.05, 0.1) is 5.69 Å². The molecule has 0 atom stereocenters. The van der Waals surface area contributed by atoms with Gasteiger partial charge in [-0.2, -0.15) is 15.3 Å². The molecule has 0 aliphatic heterocycles. The fourth-order valence-electron chi connectivity index (χ4n) is 1.78. The van der Waals surface area contributed by atoms with Gasteiger partial charge in [-0.1, -0.05) is 18.5 Å². The highest BCUT2D eigenvalue weighted by Crippen LogP contribution is 2.15. The molecular weight excluding hydrogens is 244 g/mol. The first-order chi connectivity index (χ1) is 9.15. The van der Waals surface area contributed by atoms with Crippen LogP contribution < -0.4 is 5.73 Å². The van der Waals surface area contributed by atoms with E-state index in [0.29, 0.717) is 35.3 Å². The zero-order valence-electron chi connectivity index (χ0n) is 11.1. The second-order valence-electron chi connectivity index (χ2n) is 4.32. The van der Waals surface area contributed by atoms with Crippen molar-refractivity contribution < 1.29 is 4.52 Å². The molecule has 0 spiro atoms. The fourth-order valence-corrected chi connectivity index (χ4v) is 1.78. The molecule has 0 unspecified atom stereocenters. The Bertz CT molecular complexity index is 606. The third-order valence-corrected chi connectivity index (χ3v) is 2.82. The second-order valence-corrected chi connectivity index (χ2v) is 4.32. The smallest absolute Gasteiger partial charge is 0.226 e. The highest BCUT2D eigenvalue weighted by Gasteiger charge is 2.14. The van der Waals surface area contributed by atoms with Crippen molar-refractivity contribution in [1.82, 2.24) is 19.9 Å². The molecule has 0 fully saturated rings. The van der Waals surface area contributed by atoms with Crippen LogP contribution in [-0.4, -0.2) is 19.9 Å². The van der Waals surface area contributed by atoms with Gasteiger partial charge in [0.1, 0.15) is 24.0 Å². The minimum Gasteiger partial charge on any atom is -0.383 e. The number of anilines is 1. The van der Waals surface area contributed by atoms with Gasteiger partial charge in [-0.25, -0.2) is 4.68 Å². The van der Waals surface area contributed by atoms with Crippen molar-refractivity contribution in [1.29, 1.82) is 5.26 Å². The first-order valence-corrected chi connectivity index (χ1v) is 6.20. The number of aromatic nitrogens is 4. The Morgan fingerprint density at radius 3 is 2.89 bits per heavy atom. The lowest BCUT2D eigenvalue weighted by molar-refractivity contribution is 0.368. The van der Waals surface area contributed by atoms with Crippen molar-refractivity contribution in [2.45, 2.75) is 39.7 Å². The summed E-state index contributed by atoms with van der Waals surface area (Å²) in [6.45, 7) is 4.16. The normalized spacial score (nSPS) is 10.6. The highest BCUT2D eigenvalue weighted by atomic mass is 16.5. The van der Waals surface area contributed by atoms with Gasteiger partial charge in [0.2, 0.25) is 5.89 Å². The number of unbranched alkanes of at least 4 members (excludes halogenated alkanes) is 1. The summed E-state index contributed by atoms with van der Waals surface area (Å²) in [5.74, 6) is 1.48. The Balaban J connectivity index is 2.13. The summed E-state index contributed by atoms with van der Waals surface area (Å²) < 4.78 is 6.65. The Labute approximate surface area is 111 Å². The molecule has 7 heteroatoms. The molecule has 0 amide bonds. The average Bonchev–Trinajstić information content (AvgIpc) is 2.93. The maximum Gasteiger partial charge on any atom is 0.226 e. The van der Waals surface area contributed by atoms with E-state index in [-0.39, 0.29) is 0 Å².